The molecule has 0 aliphatic rings. The number of benzene rings is 1. The smallest absolute Gasteiger partial charge is 0.321 e. The minimum atomic E-state index is -0.809. The van der Waals surface area contributed by atoms with Gasteiger partial charge in [0.05, 0.1) is 24.8 Å². The molecule has 44 heavy (non-hydrogen) atoms. The van der Waals surface area contributed by atoms with Crippen molar-refractivity contribution in [1.29, 1.82) is 0 Å². The van der Waals surface area contributed by atoms with Crippen molar-refractivity contribution in [2.24, 2.45) is 21.1 Å². The summed E-state index contributed by atoms with van der Waals surface area (Å²) in [7, 11) is 0.658. The molecule has 2 aromatic heterocycles. The van der Waals surface area contributed by atoms with Crippen LogP contribution in [0.25, 0.3) is 11.3 Å². The van der Waals surface area contributed by atoms with Crippen LogP contribution in [0.5, 0.6) is 11.6 Å². The number of halogens is 1. The normalized spacial score (nSPS) is 13.0. The Morgan fingerprint density at radius 2 is 1.82 bits per heavy atom. The van der Waals surface area contributed by atoms with E-state index < -0.39 is 15.4 Å². The lowest BCUT2D eigenvalue weighted by Gasteiger charge is -2.28. The molecule has 0 fully saturated rings. The van der Waals surface area contributed by atoms with Gasteiger partial charge in [-0.15, -0.1) is 0 Å². The molecule has 238 valence electrons. The van der Waals surface area contributed by atoms with Crippen LogP contribution in [0.2, 0.25) is 0 Å². The maximum Gasteiger partial charge on any atom is 0.321 e. The second-order valence-electron chi connectivity index (χ2n) is 11.2. The van der Waals surface area contributed by atoms with Crippen LogP contribution < -0.4 is 15.2 Å². The molecule has 1 aromatic carbocycles. The molecule has 0 aliphatic carbocycles. The highest BCUT2D eigenvalue weighted by Crippen LogP contribution is 2.38. The van der Waals surface area contributed by atoms with Crippen LogP contribution in [0.15, 0.2) is 64.8 Å². The number of aryl methyl sites for hydroxylation is 1. The number of hydrogen-bond acceptors (Lipinski definition) is 8. The molecule has 3 aromatic rings. The summed E-state index contributed by atoms with van der Waals surface area (Å²) in [6.07, 6.45) is 7.80. The molecule has 2 N–H and O–H groups in total. The Hall–Kier alpha value is -4.03. The number of hydrogen-bond donors (Lipinski definition) is 1. The monoisotopic (exact) mass is 627 g/mol. The van der Waals surface area contributed by atoms with Crippen LogP contribution in [-0.4, -0.2) is 78.9 Å². The van der Waals surface area contributed by atoms with Crippen LogP contribution >= 0.6 is 10.0 Å². The van der Waals surface area contributed by atoms with Gasteiger partial charge in [0.2, 0.25) is 5.88 Å². The van der Waals surface area contributed by atoms with Crippen molar-refractivity contribution in [2.75, 3.05) is 51.1 Å². The predicted molar refractivity (Wildman–Crippen MR) is 174 cm³/mol. The van der Waals surface area contributed by atoms with Gasteiger partial charge < -0.3 is 24.7 Å². The minimum absolute atomic E-state index is 0.0220. The van der Waals surface area contributed by atoms with E-state index in [0.29, 0.717) is 29.5 Å². The number of pyridine rings is 2. The fraction of sp³-hybridized carbons (Fsp3) is 0.406. The van der Waals surface area contributed by atoms with Crippen LogP contribution in [0.1, 0.15) is 31.9 Å². The maximum absolute atomic E-state index is 13.4. The van der Waals surface area contributed by atoms with Gasteiger partial charge in [0, 0.05) is 35.3 Å². The van der Waals surface area contributed by atoms with Crippen LogP contribution in [0, 0.1) is 18.2 Å². The van der Waals surface area contributed by atoms with Crippen LogP contribution in [0.4, 0.5) is 4.39 Å². The van der Waals surface area contributed by atoms with Crippen molar-refractivity contribution in [3.63, 3.8) is 0 Å². The Kier molecular flexibility index (Phi) is 12.2. The summed E-state index contributed by atoms with van der Waals surface area (Å²) in [6.45, 7) is 8.32. The molecule has 0 radical (unpaired) electrons. The number of amidine groups is 2. The molecule has 0 saturated carbocycles. The van der Waals surface area contributed by atoms with Crippen molar-refractivity contribution >= 4 is 27.9 Å². The largest absolute Gasteiger partial charge is 0.476 e. The average Bonchev–Trinajstić information content (AvgIpc) is 3.00. The third kappa shape index (κ3) is 10.3. The Morgan fingerprint density at radius 3 is 2.43 bits per heavy atom. The van der Waals surface area contributed by atoms with Gasteiger partial charge >= 0.3 is 12.0 Å². The number of rotatable bonds is 13. The fourth-order valence-corrected chi connectivity index (χ4v) is 4.49. The van der Waals surface area contributed by atoms with E-state index in [0.717, 1.165) is 22.6 Å². The highest BCUT2D eigenvalue weighted by molar-refractivity contribution is 8.32. The van der Waals surface area contributed by atoms with E-state index in [1.807, 2.05) is 6.92 Å². The summed E-state index contributed by atoms with van der Waals surface area (Å²) in [4.78, 5) is 29.6. The lowest BCUT2D eigenvalue weighted by Crippen LogP contribution is -2.32. The van der Waals surface area contributed by atoms with Gasteiger partial charge in [-0.2, -0.15) is 4.99 Å². The molecule has 12 heteroatoms. The molecule has 2 heterocycles. The zero-order valence-corrected chi connectivity index (χ0v) is 27.2. The zero-order chi connectivity index (χ0) is 32.3. The summed E-state index contributed by atoms with van der Waals surface area (Å²) in [5, 5.41) is 0. The topological polar surface area (TPSA) is 131 Å². The first kappa shape index (κ1) is 34.5. The number of methoxy groups -OCH3 is 1. The number of carbonyl (C=O) groups excluding carboxylic acids is 1. The molecule has 0 saturated heterocycles. The number of nitrogens with zero attached hydrogens (tertiary/aromatic N) is 4. The van der Waals surface area contributed by atoms with E-state index in [-0.39, 0.29) is 37.0 Å². The Balaban J connectivity index is 1.73. The zero-order valence-electron chi connectivity index (χ0n) is 26.4. The predicted octanol–water partition coefficient (Wildman–Crippen LogP) is 5.37. The molecule has 0 bridgehead atoms. The van der Waals surface area contributed by atoms with Gasteiger partial charge in [0.25, 0.3) is 0 Å². The number of esters is 1. The quantitative estimate of drug-likeness (QED) is 0.116. The van der Waals surface area contributed by atoms with Crippen LogP contribution in [-0.2, 0) is 14.3 Å². The average molecular weight is 628 g/mol. The van der Waals surface area contributed by atoms with E-state index in [9.17, 15) is 9.18 Å². The summed E-state index contributed by atoms with van der Waals surface area (Å²) in [6, 6.07) is 10.9. The number of nitrogens with two attached hydrogens (primary N) is 1. The molecule has 0 atom stereocenters. The summed E-state index contributed by atoms with van der Waals surface area (Å²) >= 11 is 0. The second-order valence-corrected chi connectivity index (χ2v) is 15.7. The first-order valence-corrected chi connectivity index (χ1v) is 16.9. The van der Waals surface area contributed by atoms with Gasteiger partial charge in [-0.3, -0.25) is 9.78 Å². The minimum Gasteiger partial charge on any atom is -0.476 e. The molecular weight excluding hydrogens is 585 g/mol. The fourth-order valence-electron chi connectivity index (χ4n) is 3.63. The summed E-state index contributed by atoms with van der Waals surface area (Å²) in [5.41, 5.74) is 8.42. The SMILES string of the molecule is CCS(C)(C)CCOC/N=C(/N=C(\N)c1ccc(-c2cnc(OCC(C)(C)C(=O)OC)cc2C)nc1)Oc1ccc(F)cc1. The number of aliphatic imine (C=N–C) groups is 2. The number of ether oxygens (including phenoxy) is 4. The lowest BCUT2D eigenvalue weighted by atomic mass is 9.95. The first-order chi connectivity index (χ1) is 20.8. The van der Waals surface area contributed by atoms with Crippen LogP contribution in [0.3, 0.4) is 0 Å². The number of aromatic nitrogens is 2. The van der Waals surface area contributed by atoms with Gasteiger partial charge in [-0.05, 0) is 81.0 Å². The van der Waals surface area contributed by atoms with Crippen molar-refractivity contribution in [1.82, 2.24) is 9.97 Å². The van der Waals surface area contributed by atoms with Crippen molar-refractivity contribution in [2.45, 2.75) is 27.7 Å². The molecule has 3 rings (SSSR count). The molecule has 0 unspecified atom stereocenters. The van der Waals surface area contributed by atoms with Gasteiger partial charge in [-0.25, -0.2) is 24.4 Å². The van der Waals surface area contributed by atoms with E-state index in [1.54, 1.807) is 44.4 Å². The standard InChI is InChI=1S/C32H42FN5O5S/c1-8-44(6,7)16-15-41-21-37-31(43-25-12-10-24(33)11-13-25)38-29(34)23-9-14-27(35-18-23)26-19-36-28(17-22(26)2)42-20-32(3,4)30(39)40-5/h9-14,17-19H,8,15-16,20-21H2,1-7H3,(H2,34,37,38). The van der Waals surface area contributed by atoms with Gasteiger partial charge in [0.15, 0.2) is 0 Å². The third-order valence-corrected chi connectivity index (χ3v) is 9.67. The summed E-state index contributed by atoms with van der Waals surface area (Å²) < 4.78 is 35.5. The second kappa shape index (κ2) is 15.6. The Morgan fingerprint density at radius 1 is 1.09 bits per heavy atom. The number of carbonyl (C=O) groups is 1. The van der Waals surface area contributed by atoms with E-state index in [1.165, 1.54) is 31.4 Å². The molecular formula is C32H42FN5O5S. The first-order valence-electron chi connectivity index (χ1n) is 14.1. The molecule has 0 spiro atoms. The van der Waals surface area contributed by atoms with Gasteiger partial charge in [-0.1, -0.05) is 6.92 Å². The van der Waals surface area contributed by atoms with E-state index in [4.69, 9.17) is 24.7 Å². The highest BCUT2D eigenvalue weighted by atomic mass is 32.3. The molecule has 10 nitrogen and oxygen atoms in total. The molecule has 0 aliphatic heterocycles. The van der Waals surface area contributed by atoms with E-state index >= 15 is 0 Å². The van der Waals surface area contributed by atoms with Crippen molar-refractivity contribution in [3.05, 3.63) is 71.8 Å². The lowest BCUT2D eigenvalue weighted by molar-refractivity contribution is -0.152. The Labute approximate surface area is 260 Å². The highest BCUT2D eigenvalue weighted by Gasteiger charge is 2.30. The third-order valence-electron chi connectivity index (χ3n) is 6.83. The van der Waals surface area contributed by atoms with Crippen molar-refractivity contribution < 1.29 is 28.1 Å². The summed E-state index contributed by atoms with van der Waals surface area (Å²) in [5.74, 6) is 2.23. The van der Waals surface area contributed by atoms with Crippen molar-refractivity contribution in [3.8, 4) is 22.9 Å². The Bertz CT molecular complexity index is 1460. The maximum atomic E-state index is 13.4. The molecule has 0 amide bonds. The van der Waals surface area contributed by atoms with E-state index in [2.05, 4.69) is 39.4 Å². The van der Waals surface area contributed by atoms with Gasteiger partial charge in [0.1, 0.15) is 30.7 Å².